The minimum atomic E-state index is -3.07. The van der Waals surface area contributed by atoms with Crippen LogP contribution < -0.4 is 10.0 Å². The fraction of sp³-hybridized carbons (Fsp3) is 1.00. The van der Waals surface area contributed by atoms with Crippen LogP contribution >= 0.6 is 0 Å². The summed E-state index contributed by atoms with van der Waals surface area (Å²) in [7, 11) is -0.991. The van der Waals surface area contributed by atoms with E-state index < -0.39 is 10.0 Å². The lowest BCUT2D eigenvalue weighted by molar-refractivity contribution is 0.394. The number of rotatable bonds is 9. The highest BCUT2D eigenvalue weighted by atomic mass is 32.2. The van der Waals surface area contributed by atoms with E-state index in [4.69, 9.17) is 0 Å². The molecule has 0 spiro atoms. The smallest absolute Gasteiger partial charge is 0.211 e. The van der Waals surface area contributed by atoms with Crippen molar-refractivity contribution in [3.63, 3.8) is 0 Å². The van der Waals surface area contributed by atoms with E-state index in [1.807, 2.05) is 0 Å². The van der Waals surface area contributed by atoms with Gasteiger partial charge < -0.3 is 10.2 Å². The second-order valence-electron chi connectivity index (χ2n) is 5.14. The number of likely N-dealkylation sites (tertiary alicyclic amines) is 1. The van der Waals surface area contributed by atoms with E-state index in [1.165, 1.54) is 0 Å². The van der Waals surface area contributed by atoms with Gasteiger partial charge in [-0.05, 0) is 51.9 Å². The van der Waals surface area contributed by atoms with E-state index >= 15 is 0 Å². The second kappa shape index (κ2) is 8.09. The minimum Gasteiger partial charge on any atom is -0.317 e. The number of unbranched alkanes of at least 4 members (excludes halogenated alkanes) is 1. The predicted octanol–water partition coefficient (Wildman–Crippen LogP) is 0.247. The van der Waals surface area contributed by atoms with Gasteiger partial charge in [0.05, 0.1) is 5.75 Å². The minimum absolute atomic E-state index is 0.251. The average molecular weight is 277 g/mol. The molecule has 0 amide bonds. The molecule has 1 unspecified atom stereocenters. The molecule has 18 heavy (non-hydrogen) atoms. The fourth-order valence-electron chi connectivity index (χ4n) is 2.23. The molecule has 0 radical (unpaired) electrons. The van der Waals surface area contributed by atoms with Crippen molar-refractivity contribution in [1.82, 2.24) is 14.9 Å². The van der Waals surface area contributed by atoms with Crippen LogP contribution in [0.2, 0.25) is 0 Å². The van der Waals surface area contributed by atoms with Crippen LogP contribution in [-0.2, 0) is 10.0 Å². The standard InChI is InChI=1S/C12H27N3O2S/c1-3-13-7-4-5-9-18(16,17)14-10-12-6-8-15(2)11-12/h12-14H,3-11H2,1-2H3. The Kier molecular flexibility index (Phi) is 7.14. The molecule has 1 aliphatic heterocycles. The van der Waals surface area contributed by atoms with Crippen molar-refractivity contribution in [3.8, 4) is 0 Å². The van der Waals surface area contributed by atoms with Crippen LogP contribution in [0, 0.1) is 5.92 Å². The molecule has 0 aromatic rings. The lowest BCUT2D eigenvalue weighted by Crippen LogP contribution is -2.32. The van der Waals surface area contributed by atoms with Gasteiger partial charge in [0.1, 0.15) is 0 Å². The van der Waals surface area contributed by atoms with Gasteiger partial charge in [-0.3, -0.25) is 0 Å². The molecule has 5 nitrogen and oxygen atoms in total. The number of nitrogens with one attached hydrogen (secondary N) is 2. The van der Waals surface area contributed by atoms with Gasteiger partial charge in [-0.15, -0.1) is 0 Å². The van der Waals surface area contributed by atoms with Gasteiger partial charge in [0.2, 0.25) is 10.0 Å². The molecule has 6 heteroatoms. The van der Waals surface area contributed by atoms with Crippen LogP contribution in [0.5, 0.6) is 0 Å². The SMILES string of the molecule is CCNCCCCS(=O)(=O)NCC1CCN(C)C1. The van der Waals surface area contributed by atoms with E-state index in [0.717, 1.165) is 45.4 Å². The highest BCUT2D eigenvalue weighted by molar-refractivity contribution is 7.89. The van der Waals surface area contributed by atoms with E-state index in [0.29, 0.717) is 12.5 Å². The summed E-state index contributed by atoms with van der Waals surface area (Å²) in [5.74, 6) is 0.729. The van der Waals surface area contributed by atoms with Crippen LogP contribution in [0.25, 0.3) is 0 Å². The van der Waals surface area contributed by atoms with E-state index in [2.05, 4.69) is 28.9 Å². The third-order valence-corrected chi connectivity index (χ3v) is 4.78. The summed E-state index contributed by atoms with van der Waals surface area (Å²) in [6, 6.07) is 0. The van der Waals surface area contributed by atoms with Crippen molar-refractivity contribution >= 4 is 10.0 Å². The van der Waals surface area contributed by atoms with Crippen LogP contribution in [0.1, 0.15) is 26.2 Å². The molecule has 1 rings (SSSR count). The van der Waals surface area contributed by atoms with Gasteiger partial charge in [0.25, 0.3) is 0 Å². The van der Waals surface area contributed by atoms with Crippen molar-refractivity contribution in [2.75, 3.05) is 45.5 Å². The molecule has 0 bridgehead atoms. The Bertz CT molecular complexity index is 319. The number of hydrogen-bond acceptors (Lipinski definition) is 4. The van der Waals surface area contributed by atoms with Gasteiger partial charge in [0.15, 0.2) is 0 Å². The molecule has 1 atom stereocenters. The van der Waals surface area contributed by atoms with Gasteiger partial charge in [-0.2, -0.15) is 0 Å². The van der Waals surface area contributed by atoms with Crippen LogP contribution in [0.4, 0.5) is 0 Å². The third-order valence-electron chi connectivity index (χ3n) is 3.35. The molecule has 108 valence electrons. The maximum absolute atomic E-state index is 11.8. The lowest BCUT2D eigenvalue weighted by atomic mass is 10.1. The Morgan fingerprint density at radius 2 is 2.11 bits per heavy atom. The summed E-state index contributed by atoms with van der Waals surface area (Å²) < 4.78 is 26.3. The molecule has 1 heterocycles. The van der Waals surface area contributed by atoms with E-state index in [9.17, 15) is 8.42 Å². The van der Waals surface area contributed by atoms with Crippen LogP contribution in [0.15, 0.2) is 0 Å². The normalized spacial score (nSPS) is 21.6. The molecule has 0 saturated carbocycles. The van der Waals surface area contributed by atoms with Crippen molar-refractivity contribution in [3.05, 3.63) is 0 Å². The Hall–Kier alpha value is -0.170. The van der Waals surface area contributed by atoms with Gasteiger partial charge in [-0.25, -0.2) is 13.1 Å². The van der Waals surface area contributed by atoms with Crippen molar-refractivity contribution in [2.24, 2.45) is 5.92 Å². The average Bonchev–Trinajstić information content (AvgIpc) is 2.73. The van der Waals surface area contributed by atoms with Gasteiger partial charge in [0, 0.05) is 13.1 Å². The first-order valence-corrected chi connectivity index (χ1v) is 8.55. The zero-order valence-corrected chi connectivity index (χ0v) is 12.4. The molecule has 1 fully saturated rings. The van der Waals surface area contributed by atoms with E-state index in [-0.39, 0.29) is 5.75 Å². The summed E-state index contributed by atoms with van der Waals surface area (Å²) in [5.41, 5.74) is 0. The molecule has 0 aromatic carbocycles. The third kappa shape index (κ3) is 6.68. The molecule has 1 aliphatic rings. The Morgan fingerprint density at radius 1 is 1.33 bits per heavy atom. The van der Waals surface area contributed by atoms with Crippen LogP contribution in [-0.4, -0.2) is 58.8 Å². The van der Waals surface area contributed by atoms with Crippen molar-refractivity contribution in [1.29, 1.82) is 0 Å². The van der Waals surface area contributed by atoms with Crippen molar-refractivity contribution < 1.29 is 8.42 Å². The summed E-state index contributed by atoms with van der Waals surface area (Å²) in [6.07, 6.45) is 2.74. The summed E-state index contributed by atoms with van der Waals surface area (Å²) >= 11 is 0. The molecule has 0 aromatic heterocycles. The van der Waals surface area contributed by atoms with E-state index in [1.54, 1.807) is 0 Å². The monoisotopic (exact) mass is 277 g/mol. The molecule has 1 saturated heterocycles. The summed E-state index contributed by atoms with van der Waals surface area (Å²) in [5, 5.41) is 3.20. The van der Waals surface area contributed by atoms with Crippen LogP contribution in [0.3, 0.4) is 0 Å². The Labute approximate surface area is 111 Å². The summed E-state index contributed by atoms with van der Waals surface area (Å²) in [6.45, 7) is 6.58. The number of hydrogen-bond donors (Lipinski definition) is 2. The predicted molar refractivity (Wildman–Crippen MR) is 75.2 cm³/mol. The second-order valence-corrected chi connectivity index (χ2v) is 7.07. The van der Waals surface area contributed by atoms with Gasteiger partial charge in [-0.1, -0.05) is 6.92 Å². The first-order valence-electron chi connectivity index (χ1n) is 6.90. The Balaban J connectivity index is 2.11. The number of sulfonamides is 1. The topological polar surface area (TPSA) is 61.4 Å². The Morgan fingerprint density at radius 3 is 2.72 bits per heavy atom. The lowest BCUT2D eigenvalue weighted by Gasteiger charge is -2.12. The molecule has 2 N–H and O–H groups in total. The molecular weight excluding hydrogens is 250 g/mol. The zero-order chi connectivity index (χ0) is 13.4. The highest BCUT2D eigenvalue weighted by Crippen LogP contribution is 2.13. The highest BCUT2D eigenvalue weighted by Gasteiger charge is 2.21. The maximum Gasteiger partial charge on any atom is 0.211 e. The number of nitrogens with zero attached hydrogens (tertiary/aromatic N) is 1. The first-order chi connectivity index (χ1) is 8.53. The van der Waals surface area contributed by atoms with Gasteiger partial charge >= 0.3 is 0 Å². The summed E-state index contributed by atoms with van der Waals surface area (Å²) in [4.78, 5) is 2.25. The quantitative estimate of drug-likeness (QED) is 0.593. The maximum atomic E-state index is 11.8. The fourth-order valence-corrected chi connectivity index (χ4v) is 3.45. The zero-order valence-electron chi connectivity index (χ0n) is 11.6. The first kappa shape index (κ1) is 15.9. The largest absolute Gasteiger partial charge is 0.317 e. The molecular formula is C12H27N3O2S. The molecule has 0 aliphatic carbocycles. The van der Waals surface area contributed by atoms with Crippen molar-refractivity contribution in [2.45, 2.75) is 26.2 Å².